The lowest BCUT2D eigenvalue weighted by Gasteiger charge is -2.13. The fourth-order valence-electron chi connectivity index (χ4n) is 3.35. The summed E-state index contributed by atoms with van der Waals surface area (Å²) in [7, 11) is 0. The highest BCUT2D eigenvalue weighted by atomic mass is 16.5. The number of hydrogen-bond donors (Lipinski definition) is 2. The van der Waals surface area contributed by atoms with Crippen LogP contribution in [0.5, 0.6) is 0 Å². The summed E-state index contributed by atoms with van der Waals surface area (Å²) in [4.78, 5) is 62.0. The highest BCUT2D eigenvalue weighted by molar-refractivity contribution is 6.21. The molecule has 162 valence electrons. The standard InChI is InChI=1S/C21H21N3O7/c1-3-30-21(29)15-11(2)31-18(16(15)17(22)26)23-14(25)9-6-10-24-19(27)12-7-4-5-8-13(12)20(24)28/h4-5,7-8H,3,6,9-10H2,1-2H3,(H2,22,26)(H,23,25). The fraction of sp³-hybridized carbons (Fsp3) is 0.286. The van der Waals surface area contributed by atoms with Crippen LogP contribution in [0.1, 0.15) is 67.0 Å². The van der Waals surface area contributed by atoms with Gasteiger partial charge in [-0.25, -0.2) is 4.79 Å². The monoisotopic (exact) mass is 427 g/mol. The van der Waals surface area contributed by atoms with Crippen LogP contribution in [0.15, 0.2) is 28.7 Å². The molecule has 2 heterocycles. The number of nitrogens with one attached hydrogen (secondary N) is 1. The molecule has 3 N–H and O–H groups in total. The molecule has 4 amide bonds. The minimum absolute atomic E-state index is 0.0493. The van der Waals surface area contributed by atoms with E-state index >= 15 is 0 Å². The second-order valence-electron chi connectivity index (χ2n) is 6.78. The van der Waals surface area contributed by atoms with E-state index in [1.54, 1.807) is 31.2 Å². The number of ether oxygens (including phenoxy) is 1. The molecule has 31 heavy (non-hydrogen) atoms. The van der Waals surface area contributed by atoms with E-state index in [2.05, 4.69) is 5.32 Å². The third kappa shape index (κ3) is 4.18. The molecule has 10 heteroatoms. The fourth-order valence-corrected chi connectivity index (χ4v) is 3.35. The molecule has 0 fully saturated rings. The number of anilines is 1. The summed E-state index contributed by atoms with van der Waals surface area (Å²) in [6.07, 6.45) is 0.119. The van der Waals surface area contributed by atoms with Crippen LogP contribution in [-0.4, -0.2) is 47.6 Å². The topological polar surface area (TPSA) is 149 Å². The van der Waals surface area contributed by atoms with E-state index in [9.17, 15) is 24.0 Å². The summed E-state index contributed by atoms with van der Waals surface area (Å²) in [6.45, 7) is 3.18. The number of hydrogen-bond acceptors (Lipinski definition) is 7. The second-order valence-corrected chi connectivity index (χ2v) is 6.78. The molecule has 0 saturated heterocycles. The summed E-state index contributed by atoms with van der Waals surface area (Å²) >= 11 is 0. The predicted octanol–water partition coefficient (Wildman–Crippen LogP) is 1.88. The van der Waals surface area contributed by atoms with E-state index in [0.717, 1.165) is 4.90 Å². The number of furan rings is 1. The number of esters is 1. The van der Waals surface area contributed by atoms with Crippen LogP contribution >= 0.6 is 0 Å². The van der Waals surface area contributed by atoms with Crippen molar-refractivity contribution in [3.05, 3.63) is 52.3 Å². The van der Waals surface area contributed by atoms with E-state index < -0.39 is 29.6 Å². The molecule has 1 aliphatic heterocycles. The number of aryl methyl sites for hydroxylation is 1. The first kappa shape index (κ1) is 21.8. The predicted molar refractivity (Wildman–Crippen MR) is 108 cm³/mol. The van der Waals surface area contributed by atoms with Crippen molar-refractivity contribution in [1.82, 2.24) is 4.90 Å². The first-order valence-corrected chi connectivity index (χ1v) is 9.61. The van der Waals surface area contributed by atoms with Gasteiger partial charge >= 0.3 is 5.97 Å². The number of primary amides is 1. The molecule has 0 bridgehead atoms. The number of imide groups is 1. The molecular formula is C21H21N3O7. The Balaban J connectivity index is 1.64. The van der Waals surface area contributed by atoms with Gasteiger partial charge in [-0.3, -0.25) is 29.4 Å². The van der Waals surface area contributed by atoms with E-state index in [0.29, 0.717) is 11.1 Å². The molecule has 0 unspecified atom stereocenters. The largest absolute Gasteiger partial charge is 0.462 e. The highest BCUT2D eigenvalue weighted by Gasteiger charge is 2.34. The van der Waals surface area contributed by atoms with Crippen LogP contribution < -0.4 is 11.1 Å². The average molecular weight is 427 g/mol. The van der Waals surface area contributed by atoms with E-state index in [4.69, 9.17) is 14.9 Å². The van der Waals surface area contributed by atoms with Crippen molar-refractivity contribution in [1.29, 1.82) is 0 Å². The van der Waals surface area contributed by atoms with Gasteiger partial charge in [0.1, 0.15) is 16.9 Å². The molecule has 0 atom stereocenters. The number of fused-ring (bicyclic) bond motifs is 1. The Kier molecular flexibility index (Phi) is 6.19. The smallest absolute Gasteiger partial charge is 0.342 e. The molecule has 1 aromatic carbocycles. The number of nitrogens with two attached hydrogens (primary N) is 1. The summed E-state index contributed by atoms with van der Waals surface area (Å²) < 4.78 is 10.2. The minimum atomic E-state index is -0.957. The number of amides is 4. The quantitative estimate of drug-likeness (QED) is 0.482. The Bertz CT molecular complexity index is 1050. The summed E-state index contributed by atoms with van der Waals surface area (Å²) in [5.74, 6) is -3.27. The molecule has 10 nitrogen and oxygen atoms in total. The van der Waals surface area contributed by atoms with Crippen molar-refractivity contribution in [2.24, 2.45) is 5.73 Å². The van der Waals surface area contributed by atoms with Gasteiger partial charge in [0.05, 0.1) is 17.7 Å². The zero-order chi connectivity index (χ0) is 22.7. The van der Waals surface area contributed by atoms with Gasteiger partial charge < -0.3 is 14.9 Å². The molecule has 1 aromatic heterocycles. The van der Waals surface area contributed by atoms with Crippen LogP contribution in [0.25, 0.3) is 0 Å². The molecule has 0 saturated carbocycles. The zero-order valence-electron chi connectivity index (χ0n) is 17.0. The maximum absolute atomic E-state index is 12.3. The Morgan fingerprint density at radius 2 is 1.71 bits per heavy atom. The van der Waals surface area contributed by atoms with Gasteiger partial charge in [-0.2, -0.15) is 0 Å². The Labute approximate surface area is 177 Å². The number of benzene rings is 1. The number of carbonyl (C=O) groups is 5. The van der Waals surface area contributed by atoms with Crippen LogP contribution in [0, 0.1) is 6.92 Å². The molecule has 1 aliphatic rings. The first-order valence-electron chi connectivity index (χ1n) is 9.61. The van der Waals surface area contributed by atoms with Crippen LogP contribution in [0.2, 0.25) is 0 Å². The maximum Gasteiger partial charge on any atom is 0.342 e. The Hall–Kier alpha value is -3.95. The summed E-state index contributed by atoms with van der Waals surface area (Å²) in [5, 5.41) is 2.41. The number of carbonyl (C=O) groups excluding carboxylic acids is 5. The van der Waals surface area contributed by atoms with Crippen molar-refractivity contribution in [2.45, 2.75) is 26.7 Å². The van der Waals surface area contributed by atoms with Gasteiger partial charge in [-0.1, -0.05) is 12.1 Å². The Morgan fingerprint density at radius 3 is 2.26 bits per heavy atom. The highest BCUT2D eigenvalue weighted by Crippen LogP contribution is 2.28. The van der Waals surface area contributed by atoms with Gasteiger partial charge in [-0.05, 0) is 32.4 Å². The number of rotatable bonds is 8. The SMILES string of the molecule is CCOC(=O)c1c(C)oc(NC(=O)CCCN2C(=O)c3ccccc3C2=O)c1C(N)=O. The zero-order valence-corrected chi connectivity index (χ0v) is 17.0. The van der Waals surface area contributed by atoms with Gasteiger partial charge in [-0.15, -0.1) is 0 Å². The van der Waals surface area contributed by atoms with Crippen LogP contribution in [0.4, 0.5) is 5.88 Å². The van der Waals surface area contributed by atoms with E-state index in [1.807, 2.05) is 0 Å². The van der Waals surface area contributed by atoms with Crippen molar-refractivity contribution < 1.29 is 33.1 Å². The summed E-state index contributed by atoms with van der Waals surface area (Å²) in [5.41, 5.74) is 5.61. The normalized spacial score (nSPS) is 12.6. The molecule has 0 spiro atoms. The average Bonchev–Trinajstić information content (AvgIpc) is 3.17. The molecular weight excluding hydrogens is 406 g/mol. The molecule has 2 aromatic rings. The van der Waals surface area contributed by atoms with Crippen molar-refractivity contribution in [2.75, 3.05) is 18.5 Å². The van der Waals surface area contributed by atoms with Gasteiger partial charge in [0, 0.05) is 13.0 Å². The molecule has 3 rings (SSSR count). The van der Waals surface area contributed by atoms with Gasteiger partial charge in [0.25, 0.3) is 17.7 Å². The number of nitrogens with zero attached hydrogens (tertiary/aromatic N) is 1. The van der Waals surface area contributed by atoms with Crippen molar-refractivity contribution >= 4 is 35.5 Å². The lowest BCUT2D eigenvalue weighted by atomic mass is 10.1. The lowest BCUT2D eigenvalue weighted by Crippen LogP contribution is -2.31. The van der Waals surface area contributed by atoms with Gasteiger partial charge in [0.15, 0.2) is 0 Å². The summed E-state index contributed by atoms with van der Waals surface area (Å²) in [6, 6.07) is 6.50. The van der Waals surface area contributed by atoms with Crippen molar-refractivity contribution in [3.8, 4) is 0 Å². The van der Waals surface area contributed by atoms with Crippen LogP contribution in [-0.2, 0) is 9.53 Å². The van der Waals surface area contributed by atoms with Crippen LogP contribution in [0.3, 0.4) is 0 Å². The second kappa shape index (κ2) is 8.82. The van der Waals surface area contributed by atoms with Gasteiger partial charge in [0.2, 0.25) is 11.8 Å². The molecule has 0 radical (unpaired) electrons. The Morgan fingerprint density at radius 1 is 1.10 bits per heavy atom. The maximum atomic E-state index is 12.3. The minimum Gasteiger partial charge on any atom is -0.462 e. The van der Waals surface area contributed by atoms with E-state index in [-0.39, 0.29) is 48.8 Å². The first-order chi connectivity index (χ1) is 14.8. The third-order valence-corrected chi connectivity index (χ3v) is 4.73. The lowest BCUT2D eigenvalue weighted by molar-refractivity contribution is -0.116. The van der Waals surface area contributed by atoms with Crippen molar-refractivity contribution in [3.63, 3.8) is 0 Å². The van der Waals surface area contributed by atoms with E-state index in [1.165, 1.54) is 6.92 Å². The molecule has 0 aliphatic carbocycles. The third-order valence-electron chi connectivity index (χ3n) is 4.73.